The molecule has 0 spiro atoms. The third kappa shape index (κ3) is 9.69. The van der Waals surface area contributed by atoms with E-state index in [0.717, 1.165) is 19.4 Å². The van der Waals surface area contributed by atoms with Crippen molar-refractivity contribution in [2.24, 2.45) is 5.73 Å². The lowest BCUT2D eigenvalue weighted by Crippen LogP contribution is -2.36. The van der Waals surface area contributed by atoms with E-state index in [0.29, 0.717) is 13.0 Å². The largest absolute Gasteiger partial charge is 0.381 e. The van der Waals surface area contributed by atoms with E-state index in [4.69, 9.17) is 10.5 Å². The topological polar surface area (TPSA) is 64.3 Å². The van der Waals surface area contributed by atoms with Crippen molar-refractivity contribution in [1.29, 1.82) is 0 Å². The summed E-state index contributed by atoms with van der Waals surface area (Å²) in [4.78, 5) is 11.4. The Kier molecular flexibility index (Phi) is 8.33. The van der Waals surface area contributed by atoms with Gasteiger partial charge in [0.05, 0.1) is 6.61 Å². The maximum absolute atomic E-state index is 11.4. The van der Waals surface area contributed by atoms with Crippen LogP contribution in [-0.4, -0.2) is 31.2 Å². The Labute approximate surface area is 92.6 Å². The lowest BCUT2D eigenvalue weighted by molar-refractivity contribution is -0.122. The van der Waals surface area contributed by atoms with Crippen molar-refractivity contribution in [2.75, 3.05) is 13.2 Å². The van der Waals surface area contributed by atoms with Gasteiger partial charge >= 0.3 is 0 Å². The van der Waals surface area contributed by atoms with Crippen LogP contribution < -0.4 is 11.1 Å². The van der Waals surface area contributed by atoms with Crippen molar-refractivity contribution in [3.8, 4) is 0 Å². The smallest absolute Gasteiger partial charge is 0.222 e. The monoisotopic (exact) mass is 216 g/mol. The minimum absolute atomic E-state index is 0.0410. The Morgan fingerprint density at radius 3 is 2.60 bits per heavy atom. The fourth-order valence-electron chi connectivity index (χ4n) is 1.37. The van der Waals surface area contributed by atoms with Crippen LogP contribution in [0.1, 0.15) is 40.0 Å². The van der Waals surface area contributed by atoms with Gasteiger partial charge in [-0.3, -0.25) is 4.79 Å². The first-order valence-corrected chi connectivity index (χ1v) is 5.69. The third-order valence-electron chi connectivity index (χ3n) is 1.95. The molecule has 1 amide bonds. The SMILES string of the molecule is CCCOCCC(=O)NC(C)CC(C)N. The highest BCUT2D eigenvalue weighted by Gasteiger charge is 2.08. The number of hydrogen-bond acceptors (Lipinski definition) is 3. The lowest BCUT2D eigenvalue weighted by atomic mass is 10.1. The number of hydrogen-bond donors (Lipinski definition) is 2. The lowest BCUT2D eigenvalue weighted by Gasteiger charge is -2.15. The first-order valence-electron chi connectivity index (χ1n) is 5.69. The summed E-state index contributed by atoms with van der Waals surface area (Å²) in [7, 11) is 0. The van der Waals surface area contributed by atoms with Crippen molar-refractivity contribution < 1.29 is 9.53 Å². The fraction of sp³-hybridized carbons (Fsp3) is 0.909. The molecule has 4 nitrogen and oxygen atoms in total. The Bertz CT molecular complexity index is 172. The zero-order chi connectivity index (χ0) is 11.7. The minimum atomic E-state index is 0.0410. The first-order chi connectivity index (χ1) is 7.06. The molecule has 0 heterocycles. The van der Waals surface area contributed by atoms with Crippen LogP contribution in [0.4, 0.5) is 0 Å². The van der Waals surface area contributed by atoms with Crippen LogP contribution in [0.5, 0.6) is 0 Å². The van der Waals surface area contributed by atoms with Gasteiger partial charge < -0.3 is 15.8 Å². The standard InChI is InChI=1S/C11H24N2O2/c1-4-6-15-7-5-11(14)13-10(3)8-9(2)12/h9-10H,4-8,12H2,1-3H3,(H,13,14). The predicted octanol–water partition coefficient (Wildman–Crippen LogP) is 1.05. The Balaban J connectivity index is 3.47. The summed E-state index contributed by atoms with van der Waals surface area (Å²) in [6.07, 6.45) is 2.23. The second-order valence-electron chi connectivity index (χ2n) is 4.04. The maximum Gasteiger partial charge on any atom is 0.222 e. The molecule has 0 saturated carbocycles. The third-order valence-corrected chi connectivity index (χ3v) is 1.95. The van der Waals surface area contributed by atoms with E-state index in [9.17, 15) is 4.79 Å². The molecule has 0 saturated heterocycles. The van der Waals surface area contributed by atoms with Gasteiger partial charge in [0, 0.05) is 25.1 Å². The number of rotatable bonds is 8. The molecule has 0 aliphatic carbocycles. The summed E-state index contributed by atoms with van der Waals surface area (Å²) in [5.41, 5.74) is 5.63. The summed E-state index contributed by atoms with van der Waals surface area (Å²) in [5.74, 6) is 0.0410. The van der Waals surface area contributed by atoms with Gasteiger partial charge in [0.25, 0.3) is 0 Å². The minimum Gasteiger partial charge on any atom is -0.381 e. The quantitative estimate of drug-likeness (QED) is 0.596. The second-order valence-corrected chi connectivity index (χ2v) is 4.04. The van der Waals surface area contributed by atoms with Gasteiger partial charge in [-0.25, -0.2) is 0 Å². The average Bonchev–Trinajstić information content (AvgIpc) is 2.10. The van der Waals surface area contributed by atoms with Crippen LogP contribution in [0.3, 0.4) is 0 Å². The molecule has 0 bridgehead atoms. The molecule has 0 fully saturated rings. The molecule has 0 rings (SSSR count). The second kappa shape index (κ2) is 8.68. The Hall–Kier alpha value is -0.610. The molecule has 0 aliphatic rings. The van der Waals surface area contributed by atoms with Gasteiger partial charge in [-0.1, -0.05) is 6.92 Å². The molecule has 15 heavy (non-hydrogen) atoms. The number of nitrogens with two attached hydrogens (primary N) is 1. The Morgan fingerprint density at radius 2 is 2.07 bits per heavy atom. The van der Waals surface area contributed by atoms with Gasteiger partial charge in [-0.15, -0.1) is 0 Å². The van der Waals surface area contributed by atoms with Crippen LogP contribution >= 0.6 is 0 Å². The van der Waals surface area contributed by atoms with Gasteiger partial charge in [-0.2, -0.15) is 0 Å². The van der Waals surface area contributed by atoms with E-state index in [1.54, 1.807) is 0 Å². The van der Waals surface area contributed by atoms with Gasteiger partial charge in [0.15, 0.2) is 0 Å². The highest BCUT2D eigenvalue weighted by atomic mass is 16.5. The molecule has 2 unspecified atom stereocenters. The normalized spacial score (nSPS) is 14.7. The van der Waals surface area contributed by atoms with Crippen molar-refractivity contribution in [2.45, 2.75) is 52.1 Å². The molecule has 0 aromatic carbocycles. The number of amides is 1. The zero-order valence-electron chi connectivity index (χ0n) is 10.1. The van der Waals surface area contributed by atoms with Gasteiger partial charge in [0.1, 0.15) is 0 Å². The molecule has 0 aromatic heterocycles. The van der Waals surface area contributed by atoms with Crippen LogP contribution in [-0.2, 0) is 9.53 Å². The summed E-state index contributed by atoms with van der Waals surface area (Å²) in [6, 6.07) is 0.264. The number of carbonyl (C=O) groups excluding carboxylic acids is 1. The molecular formula is C11H24N2O2. The van der Waals surface area contributed by atoms with E-state index in [1.807, 2.05) is 20.8 Å². The van der Waals surface area contributed by atoms with E-state index in [2.05, 4.69) is 5.32 Å². The number of ether oxygens (including phenoxy) is 1. The van der Waals surface area contributed by atoms with E-state index in [-0.39, 0.29) is 18.0 Å². The highest BCUT2D eigenvalue weighted by Crippen LogP contribution is 1.95. The molecular weight excluding hydrogens is 192 g/mol. The van der Waals surface area contributed by atoms with Gasteiger partial charge in [0.2, 0.25) is 5.91 Å². The van der Waals surface area contributed by atoms with E-state index in [1.165, 1.54) is 0 Å². The van der Waals surface area contributed by atoms with Crippen LogP contribution in [0, 0.1) is 0 Å². The number of carbonyl (C=O) groups is 1. The van der Waals surface area contributed by atoms with Gasteiger partial charge in [-0.05, 0) is 26.7 Å². The van der Waals surface area contributed by atoms with Crippen LogP contribution in [0.25, 0.3) is 0 Å². The highest BCUT2D eigenvalue weighted by molar-refractivity contribution is 5.76. The summed E-state index contributed by atoms with van der Waals surface area (Å²) >= 11 is 0. The van der Waals surface area contributed by atoms with E-state index < -0.39 is 0 Å². The molecule has 3 N–H and O–H groups in total. The number of nitrogens with one attached hydrogen (secondary N) is 1. The van der Waals surface area contributed by atoms with Crippen LogP contribution in [0.2, 0.25) is 0 Å². The fourth-order valence-corrected chi connectivity index (χ4v) is 1.37. The zero-order valence-corrected chi connectivity index (χ0v) is 10.1. The molecule has 2 atom stereocenters. The van der Waals surface area contributed by atoms with Crippen molar-refractivity contribution in [3.05, 3.63) is 0 Å². The molecule has 0 aliphatic heterocycles. The predicted molar refractivity (Wildman–Crippen MR) is 61.6 cm³/mol. The van der Waals surface area contributed by atoms with Crippen molar-refractivity contribution in [1.82, 2.24) is 5.32 Å². The Morgan fingerprint density at radius 1 is 1.40 bits per heavy atom. The molecule has 90 valence electrons. The first kappa shape index (κ1) is 14.4. The average molecular weight is 216 g/mol. The maximum atomic E-state index is 11.4. The molecule has 4 heteroatoms. The summed E-state index contributed by atoms with van der Waals surface area (Å²) in [6.45, 7) is 7.18. The van der Waals surface area contributed by atoms with Crippen LogP contribution in [0.15, 0.2) is 0 Å². The van der Waals surface area contributed by atoms with E-state index >= 15 is 0 Å². The summed E-state index contributed by atoms with van der Waals surface area (Å²) in [5, 5.41) is 2.89. The molecule has 0 radical (unpaired) electrons. The van der Waals surface area contributed by atoms with Crippen molar-refractivity contribution >= 4 is 5.91 Å². The molecule has 0 aromatic rings. The summed E-state index contributed by atoms with van der Waals surface area (Å²) < 4.78 is 5.23. The van der Waals surface area contributed by atoms with Crippen molar-refractivity contribution in [3.63, 3.8) is 0 Å².